The number of nitrogens with two attached hydrogens (primary N) is 1. The summed E-state index contributed by atoms with van der Waals surface area (Å²) in [7, 11) is 0. The molecule has 0 spiro atoms. The molecule has 1 aromatic heterocycles. The van der Waals surface area contributed by atoms with E-state index in [1.165, 1.54) is 30.0 Å². The number of hydrogen-bond donors (Lipinski definition) is 1. The van der Waals surface area contributed by atoms with Crippen molar-refractivity contribution in [1.82, 2.24) is 0 Å². The van der Waals surface area contributed by atoms with Crippen molar-refractivity contribution in [2.75, 3.05) is 5.75 Å². The zero-order valence-electron chi connectivity index (χ0n) is 11.1. The summed E-state index contributed by atoms with van der Waals surface area (Å²) in [5.41, 5.74) is 6.31. The van der Waals surface area contributed by atoms with Gasteiger partial charge in [0.05, 0.1) is 6.04 Å². The van der Waals surface area contributed by atoms with Gasteiger partial charge in [-0.1, -0.05) is 12.1 Å². The first-order chi connectivity index (χ1) is 10.1. The Balaban J connectivity index is 1.73. The highest BCUT2D eigenvalue weighted by molar-refractivity contribution is 7.99. The maximum Gasteiger partial charge on any atom is 0.169 e. The van der Waals surface area contributed by atoms with Crippen LogP contribution < -0.4 is 5.73 Å². The molecule has 21 heavy (non-hydrogen) atoms. The van der Waals surface area contributed by atoms with Crippen LogP contribution in [0.15, 0.2) is 57.8 Å². The average molecular weight is 305 g/mol. The van der Waals surface area contributed by atoms with Gasteiger partial charge in [0.25, 0.3) is 0 Å². The predicted octanol–water partition coefficient (Wildman–Crippen LogP) is 4.50. The molecule has 5 heteroatoms. The number of hydrogen-bond acceptors (Lipinski definition) is 3. The second-order valence-electron chi connectivity index (χ2n) is 4.68. The summed E-state index contributed by atoms with van der Waals surface area (Å²) in [5, 5.41) is 0.701. The van der Waals surface area contributed by atoms with E-state index in [1.54, 1.807) is 30.3 Å². The topological polar surface area (TPSA) is 39.2 Å². The molecule has 0 aliphatic carbocycles. The van der Waals surface area contributed by atoms with Crippen LogP contribution in [0.2, 0.25) is 0 Å². The average Bonchev–Trinajstić information content (AvgIpc) is 2.92. The quantitative estimate of drug-likeness (QED) is 0.721. The van der Waals surface area contributed by atoms with Gasteiger partial charge in [0.1, 0.15) is 11.6 Å². The summed E-state index contributed by atoms with van der Waals surface area (Å²) in [6.45, 7) is 0. The lowest BCUT2D eigenvalue weighted by Gasteiger charge is -2.08. The summed E-state index contributed by atoms with van der Waals surface area (Å²) in [5.74, 6) is 0.450. The predicted molar refractivity (Wildman–Crippen MR) is 80.2 cm³/mol. The molecule has 0 aliphatic rings. The zero-order valence-corrected chi connectivity index (χ0v) is 11.9. The van der Waals surface area contributed by atoms with Crippen molar-refractivity contribution in [3.05, 3.63) is 65.9 Å². The first-order valence-electron chi connectivity index (χ1n) is 6.45. The second kappa shape index (κ2) is 5.87. The fraction of sp³-hybridized carbons (Fsp3) is 0.125. The van der Waals surface area contributed by atoms with Gasteiger partial charge in [-0.15, -0.1) is 11.8 Å². The lowest BCUT2D eigenvalue weighted by molar-refractivity contribution is 0.495. The Morgan fingerprint density at radius 2 is 1.86 bits per heavy atom. The number of halogens is 2. The Morgan fingerprint density at radius 1 is 1.10 bits per heavy atom. The highest BCUT2D eigenvalue weighted by atomic mass is 32.2. The zero-order chi connectivity index (χ0) is 14.8. The van der Waals surface area contributed by atoms with Crippen LogP contribution in [0.25, 0.3) is 11.0 Å². The van der Waals surface area contributed by atoms with Crippen LogP contribution in [0.4, 0.5) is 8.78 Å². The molecule has 0 saturated heterocycles. The normalized spacial score (nSPS) is 12.7. The van der Waals surface area contributed by atoms with Crippen molar-refractivity contribution in [2.45, 2.75) is 10.9 Å². The third kappa shape index (κ3) is 3.09. The summed E-state index contributed by atoms with van der Waals surface area (Å²) >= 11 is 1.50. The van der Waals surface area contributed by atoms with E-state index in [1.807, 2.05) is 0 Å². The molecule has 2 aromatic carbocycles. The molecule has 2 N–H and O–H groups in total. The molecule has 1 heterocycles. The minimum Gasteiger partial charge on any atom is -0.456 e. The molecule has 0 amide bonds. The van der Waals surface area contributed by atoms with E-state index in [9.17, 15) is 8.78 Å². The number of furan rings is 1. The first-order valence-corrected chi connectivity index (χ1v) is 7.44. The largest absolute Gasteiger partial charge is 0.456 e. The van der Waals surface area contributed by atoms with Crippen molar-refractivity contribution >= 4 is 22.7 Å². The van der Waals surface area contributed by atoms with Gasteiger partial charge in [0.15, 0.2) is 11.4 Å². The van der Waals surface area contributed by atoms with E-state index < -0.39 is 5.82 Å². The minimum atomic E-state index is -0.392. The van der Waals surface area contributed by atoms with Crippen LogP contribution in [-0.2, 0) is 0 Å². The Bertz CT molecular complexity index is 755. The van der Waals surface area contributed by atoms with Crippen LogP contribution in [0.3, 0.4) is 0 Å². The maximum absolute atomic E-state index is 13.6. The highest BCUT2D eigenvalue weighted by Crippen LogP contribution is 2.28. The van der Waals surface area contributed by atoms with E-state index >= 15 is 0 Å². The van der Waals surface area contributed by atoms with Crippen LogP contribution >= 0.6 is 11.8 Å². The Kier molecular flexibility index (Phi) is 3.94. The van der Waals surface area contributed by atoms with Crippen molar-refractivity contribution in [2.24, 2.45) is 5.73 Å². The third-order valence-corrected chi connectivity index (χ3v) is 4.26. The van der Waals surface area contributed by atoms with E-state index in [0.717, 1.165) is 4.90 Å². The van der Waals surface area contributed by atoms with Crippen molar-refractivity contribution in [3.63, 3.8) is 0 Å². The Hall–Kier alpha value is -1.85. The number of para-hydroxylation sites is 1. The maximum atomic E-state index is 13.6. The van der Waals surface area contributed by atoms with E-state index in [0.29, 0.717) is 16.9 Å². The highest BCUT2D eigenvalue weighted by Gasteiger charge is 2.14. The van der Waals surface area contributed by atoms with Gasteiger partial charge < -0.3 is 10.2 Å². The first kappa shape index (κ1) is 14.1. The number of thioether (sulfide) groups is 1. The van der Waals surface area contributed by atoms with Crippen molar-refractivity contribution in [3.8, 4) is 0 Å². The minimum absolute atomic E-state index is 0.231. The molecule has 1 atom stereocenters. The Morgan fingerprint density at radius 3 is 2.57 bits per heavy atom. The van der Waals surface area contributed by atoms with Crippen LogP contribution in [-0.4, -0.2) is 5.75 Å². The van der Waals surface area contributed by atoms with E-state index in [4.69, 9.17) is 10.2 Å². The van der Waals surface area contributed by atoms with Gasteiger partial charge in [-0.3, -0.25) is 0 Å². The molecule has 3 rings (SSSR count). The van der Waals surface area contributed by atoms with Gasteiger partial charge in [0, 0.05) is 16.0 Å². The summed E-state index contributed by atoms with van der Waals surface area (Å²) < 4.78 is 31.9. The smallest absolute Gasteiger partial charge is 0.169 e. The van der Waals surface area contributed by atoms with Crippen LogP contribution in [0, 0.1) is 11.6 Å². The fourth-order valence-electron chi connectivity index (χ4n) is 2.03. The molecule has 3 aromatic rings. The lowest BCUT2D eigenvalue weighted by atomic mass is 10.2. The lowest BCUT2D eigenvalue weighted by Crippen LogP contribution is -2.11. The molecule has 108 valence electrons. The molecular weight excluding hydrogens is 292 g/mol. The summed E-state index contributed by atoms with van der Waals surface area (Å²) in [4.78, 5) is 0.925. The van der Waals surface area contributed by atoms with Crippen LogP contribution in [0.1, 0.15) is 11.8 Å². The van der Waals surface area contributed by atoms with Gasteiger partial charge in [-0.25, -0.2) is 8.78 Å². The van der Waals surface area contributed by atoms with Gasteiger partial charge in [0.2, 0.25) is 0 Å². The standard InChI is InChI=1S/C16H13F2NOS/c17-11-4-6-12(7-5-11)21-9-14(19)15-8-10-2-1-3-13(18)16(10)20-15/h1-8,14H,9,19H2. The molecule has 0 saturated carbocycles. The fourth-order valence-corrected chi connectivity index (χ4v) is 2.89. The number of benzene rings is 2. The third-order valence-electron chi connectivity index (χ3n) is 3.12. The second-order valence-corrected chi connectivity index (χ2v) is 5.77. The SMILES string of the molecule is NC(CSc1ccc(F)cc1)c1cc2cccc(F)c2o1. The molecule has 0 aliphatic heterocycles. The number of fused-ring (bicyclic) bond motifs is 1. The molecule has 0 bridgehead atoms. The van der Waals surface area contributed by atoms with Gasteiger partial charge in [-0.05, 0) is 36.4 Å². The summed E-state index contributed by atoms with van der Waals surface area (Å²) in [6.07, 6.45) is 0. The van der Waals surface area contributed by atoms with Crippen LogP contribution in [0.5, 0.6) is 0 Å². The van der Waals surface area contributed by atoms with Gasteiger partial charge in [-0.2, -0.15) is 0 Å². The number of rotatable bonds is 4. The van der Waals surface area contributed by atoms with E-state index in [-0.39, 0.29) is 17.4 Å². The Labute approximate surface area is 124 Å². The molecule has 2 nitrogen and oxygen atoms in total. The monoisotopic (exact) mass is 305 g/mol. The molecule has 1 unspecified atom stereocenters. The van der Waals surface area contributed by atoms with Crippen molar-refractivity contribution < 1.29 is 13.2 Å². The van der Waals surface area contributed by atoms with E-state index in [2.05, 4.69) is 0 Å². The summed E-state index contributed by atoms with van der Waals surface area (Å²) in [6, 6.07) is 12.4. The molecule has 0 fully saturated rings. The molecular formula is C16H13F2NOS. The van der Waals surface area contributed by atoms with Crippen molar-refractivity contribution in [1.29, 1.82) is 0 Å². The van der Waals surface area contributed by atoms with Gasteiger partial charge >= 0.3 is 0 Å². The molecule has 0 radical (unpaired) electrons.